The minimum Gasteiger partial charge on any atom is -0.497 e. The fourth-order valence-electron chi connectivity index (χ4n) is 2.07. The minimum atomic E-state index is -0.980. The molecule has 1 aromatic heterocycles. The molecule has 1 unspecified atom stereocenters. The Labute approximate surface area is 137 Å². The zero-order valence-electron chi connectivity index (χ0n) is 12.7. The summed E-state index contributed by atoms with van der Waals surface area (Å²) >= 11 is 1.40. The molecule has 122 valence electrons. The normalized spacial score (nSPS) is 11.6. The highest BCUT2D eigenvalue weighted by Crippen LogP contribution is 2.25. The third kappa shape index (κ3) is 4.46. The van der Waals surface area contributed by atoms with Crippen molar-refractivity contribution in [1.29, 1.82) is 0 Å². The highest BCUT2D eigenvalue weighted by molar-refractivity contribution is 7.10. The van der Waals surface area contributed by atoms with Crippen molar-refractivity contribution >= 4 is 23.2 Å². The second-order valence-corrected chi connectivity index (χ2v) is 5.72. The number of carboxylic acids is 1. The second kappa shape index (κ2) is 7.64. The molecule has 1 heterocycles. The summed E-state index contributed by atoms with van der Waals surface area (Å²) < 4.78 is 10.3. The quantitative estimate of drug-likeness (QED) is 0.813. The van der Waals surface area contributed by atoms with Crippen molar-refractivity contribution in [2.45, 2.75) is 12.5 Å². The minimum absolute atomic E-state index is 0.187. The van der Waals surface area contributed by atoms with Gasteiger partial charge in [0, 0.05) is 16.5 Å². The maximum Gasteiger partial charge on any atom is 0.305 e. The van der Waals surface area contributed by atoms with Crippen LogP contribution in [0.3, 0.4) is 0 Å². The molecule has 0 saturated heterocycles. The van der Waals surface area contributed by atoms with Gasteiger partial charge in [0.15, 0.2) is 0 Å². The second-order valence-electron chi connectivity index (χ2n) is 4.74. The third-order valence-electron chi connectivity index (χ3n) is 3.18. The summed E-state index contributed by atoms with van der Waals surface area (Å²) in [4.78, 5) is 24.3. The number of benzene rings is 1. The van der Waals surface area contributed by atoms with E-state index >= 15 is 0 Å². The standard InChI is InChI=1S/C16H17NO5S/c1-21-11-6-10(7-12(8-11)22-2)16(20)17-13(9-15(18)19)14-4-3-5-23-14/h3-8,13H,9H2,1-2H3,(H,17,20)(H,18,19). The first-order chi connectivity index (χ1) is 11.0. The summed E-state index contributed by atoms with van der Waals surface area (Å²) in [5.41, 5.74) is 0.341. The van der Waals surface area contributed by atoms with Crippen LogP contribution < -0.4 is 14.8 Å². The van der Waals surface area contributed by atoms with E-state index in [1.165, 1.54) is 25.6 Å². The van der Waals surface area contributed by atoms with Gasteiger partial charge in [-0.25, -0.2) is 0 Å². The fourth-order valence-corrected chi connectivity index (χ4v) is 2.84. The highest BCUT2D eigenvalue weighted by atomic mass is 32.1. The van der Waals surface area contributed by atoms with Gasteiger partial charge in [-0.05, 0) is 23.6 Å². The van der Waals surface area contributed by atoms with E-state index in [4.69, 9.17) is 14.6 Å². The SMILES string of the molecule is COc1cc(OC)cc(C(=O)NC(CC(=O)O)c2cccs2)c1. The van der Waals surface area contributed by atoms with Crippen molar-refractivity contribution in [3.05, 3.63) is 46.2 Å². The lowest BCUT2D eigenvalue weighted by atomic mass is 10.1. The highest BCUT2D eigenvalue weighted by Gasteiger charge is 2.20. The average molecular weight is 335 g/mol. The van der Waals surface area contributed by atoms with E-state index in [0.29, 0.717) is 17.1 Å². The zero-order chi connectivity index (χ0) is 16.8. The molecule has 0 fully saturated rings. The third-order valence-corrected chi connectivity index (χ3v) is 4.17. The molecule has 0 radical (unpaired) electrons. The molecule has 0 saturated carbocycles. The van der Waals surface area contributed by atoms with Crippen molar-refractivity contribution in [1.82, 2.24) is 5.32 Å². The topological polar surface area (TPSA) is 84.9 Å². The van der Waals surface area contributed by atoms with Gasteiger partial charge >= 0.3 is 5.97 Å². The molecule has 1 atom stereocenters. The Morgan fingerprint density at radius 1 is 1.22 bits per heavy atom. The lowest BCUT2D eigenvalue weighted by molar-refractivity contribution is -0.137. The molecule has 2 rings (SSSR count). The van der Waals surface area contributed by atoms with Gasteiger partial charge in [-0.15, -0.1) is 11.3 Å². The van der Waals surface area contributed by atoms with Gasteiger partial charge in [-0.1, -0.05) is 6.07 Å². The number of thiophene rings is 1. The van der Waals surface area contributed by atoms with Crippen LogP contribution in [0.2, 0.25) is 0 Å². The Balaban J connectivity index is 2.23. The van der Waals surface area contributed by atoms with E-state index in [2.05, 4.69) is 5.32 Å². The van der Waals surface area contributed by atoms with Crippen LogP contribution in [0.5, 0.6) is 11.5 Å². The van der Waals surface area contributed by atoms with Gasteiger partial charge in [0.1, 0.15) is 11.5 Å². The first-order valence-corrected chi connectivity index (χ1v) is 7.70. The largest absolute Gasteiger partial charge is 0.497 e. The van der Waals surface area contributed by atoms with Crippen molar-refractivity contribution < 1.29 is 24.2 Å². The Hall–Kier alpha value is -2.54. The van der Waals surface area contributed by atoms with E-state index in [9.17, 15) is 9.59 Å². The molecule has 0 bridgehead atoms. The van der Waals surface area contributed by atoms with E-state index < -0.39 is 12.0 Å². The average Bonchev–Trinajstić information content (AvgIpc) is 3.07. The molecular formula is C16H17NO5S. The zero-order valence-corrected chi connectivity index (χ0v) is 13.6. The van der Waals surface area contributed by atoms with Crippen molar-refractivity contribution in [2.75, 3.05) is 14.2 Å². The number of hydrogen-bond acceptors (Lipinski definition) is 5. The number of ether oxygens (including phenoxy) is 2. The summed E-state index contributed by atoms with van der Waals surface area (Å²) in [7, 11) is 2.99. The predicted octanol–water partition coefficient (Wildman–Crippen LogP) is 2.71. The van der Waals surface area contributed by atoms with Gasteiger partial charge in [0.25, 0.3) is 5.91 Å². The van der Waals surface area contributed by atoms with Gasteiger partial charge < -0.3 is 19.9 Å². The fraction of sp³-hybridized carbons (Fsp3) is 0.250. The van der Waals surface area contributed by atoms with Crippen LogP contribution in [0.25, 0.3) is 0 Å². The smallest absolute Gasteiger partial charge is 0.305 e. The molecule has 7 heteroatoms. The molecular weight excluding hydrogens is 318 g/mol. The predicted molar refractivity (Wildman–Crippen MR) is 86.3 cm³/mol. The van der Waals surface area contributed by atoms with Crippen LogP contribution in [-0.4, -0.2) is 31.2 Å². The van der Waals surface area contributed by atoms with Gasteiger partial charge in [-0.2, -0.15) is 0 Å². The van der Waals surface area contributed by atoms with Crippen molar-refractivity contribution in [2.24, 2.45) is 0 Å². The summed E-state index contributed by atoms with van der Waals surface area (Å²) in [6, 6.07) is 7.83. The number of nitrogens with one attached hydrogen (secondary N) is 1. The molecule has 2 N–H and O–H groups in total. The van der Waals surface area contributed by atoms with Gasteiger partial charge in [0.2, 0.25) is 0 Å². The van der Waals surface area contributed by atoms with E-state index in [-0.39, 0.29) is 12.3 Å². The molecule has 0 aliphatic carbocycles. The molecule has 6 nitrogen and oxygen atoms in total. The molecule has 0 aliphatic rings. The van der Waals surface area contributed by atoms with E-state index in [0.717, 1.165) is 4.88 Å². The Kier molecular flexibility index (Phi) is 5.59. The number of carboxylic acid groups (broad SMARTS) is 1. The number of carbonyl (C=O) groups excluding carboxylic acids is 1. The lowest BCUT2D eigenvalue weighted by Gasteiger charge is -2.16. The van der Waals surface area contributed by atoms with Crippen LogP contribution in [-0.2, 0) is 4.79 Å². The van der Waals surface area contributed by atoms with E-state index in [1.807, 2.05) is 11.4 Å². The maximum absolute atomic E-state index is 12.5. The monoisotopic (exact) mass is 335 g/mol. The molecule has 23 heavy (non-hydrogen) atoms. The summed E-state index contributed by atoms with van der Waals surface area (Å²) in [6.45, 7) is 0. The Morgan fingerprint density at radius 3 is 2.35 bits per heavy atom. The number of amides is 1. The summed E-state index contributed by atoms with van der Waals surface area (Å²) in [6.07, 6.45) is -0.187. The molecule has 0 aliphatic heterocycles. The number of aliphatic carboxylic acids is 1. The number of hydrogen-bond donors (Lipinski definition) is 2. The van der Waals surface area contributed by atoms with Gasteiger partial charge in [0.05, 0.1) is 26.7 Å². The van der Waals surface area contributed by atoms with Gasteiger partial charge in [-0.3, -0.25) is 9.59 Å². The Morgan fingerprint density at radius 2 is 1.87 bits per heavy atom. The van der Waals surface area contributed by atoms with Crippen molar-refractivity contribution in [3.8, 4) is 11.5 Å². The van der Waals surface area contributed by atoms with Crippen LogP contribution >= 0.6 is 11.3 Å². The van der Waals surface area contributed by atoms with Crippen LogP contribution in [0, 0.1) is 0 Å². The maximum atomic E-state index is 12.5. The summed E-state index contributed by atoms with van der Waals surface area (Å²) in [5.74, 6) is -0.394. The molecule has 1 aromatic carbocycles. The molecule has 1 amide bonds. The first-order valence-electron chi connectivity index (χ1n) is 6.82. The van der Waals surface area contributed by atoms with Crippen LogP contribution in [0.4, 0.5) is 0 Å². The molecule has 2 aromatic rings. The lowest BCUT2D eigenvalue weighted by Crippen LogP contribution is -2.29. The number of methoxy groups -OCH3 is 2. The molecule has 0 spiro atoms. The first kappa shape index (κ1) is 16.8. The van der Waals surface area contributed by atoms with Crippen LogP contribution in [0.1, 0.15) is 27.7 Å². The summed E-state index contributed by atoms with van der Waals surface area (Å²) in [5, 5.41) is 13.6. The van der Waals surface area contributed by atoms with Crippen molar-refractivity contribution in [3.63, 3.8) is 0 Å². The van der Waals surface area contributed by atoms with Crippen LogP contribution in [0.15, 0.2) is 35.7 Å². The number of rotatable bonds is 7. The Bertz CT molecular complexity index is 662. The number of carbonyl (C=O) groups is 2. The van der Waals surface area contributed by atoms with E-state index in [1.54, 1.807) is 24.3 Å².